The average molecular weight is 552 g/mol. The van der Waals surface area contributed by atoms with Gasteiger partial charge in [0.05, 0.1) is 11.0 Å². The molecule has 0 atom stereocenters. The van der Waals surface area contributed by atoms with Gasteiger partial charge in [-0.3, -0.25) is 4.57 Å². The summed E-state index contributed by atoms with van der Waals surface area (Å²) in [5.74, 6) is 0.597. The molecule has 0 unspecified atom stereocenters. The standard InChI is InChI=1S/C38H21N3O2/c1-2-10-23-20-31-29(19-22(23)9-1)25-11-3-6-14-30(25)41(31)38-39-35(37-36(40-38)28-13-5-8-16-33(28)43-37)24-17-18-27-26-12-4-7-15-32(26)42-34(27)21-24/h1-21H. The fraction of sp³-hybridized carbons (Fsp3) is 0. The van der Waals surface area contributed by atoms with Gasteiger partial charge in [-0.2, -0.15) is 0 Å². The first-order valence-corrected chi connectivity index (χ1v) is 14.3. The van der Waals surface area contributed by atoms with Crippen molar-refractivity contribution in [1.29, 1.82) is 0 Å². The first-order valence-electron chi connectivity index (χ1n) is 14.3. The maximum Gasteiger partial charge on any atom is 0.236 e. The minimum Gasteiger partial charge on any atom is -0.456 e. The molecule has 0 fully saturated rings. The Morgan fingerprint density at radius 2 is 1.14 bits per heavy atom. The molecule has 0 radical (unpaired) electrons. The van der Waals surface area contributed by atoms with Crippen LogP contribution in [0.15, 0.2) is 136 Å². The van der Waals surface area contributed by atoms with E-state index in [1.165, 1.54) is 16.2 Å². The van der Waals surface area contributed by atoms with Crippen LogP contribution >= 0.6 is 0 Å². The predicted octanol–water partition coefficient (Wildman–Crippen LogP) is 10.2. The number of aromatic nitrogens is 3. The summed E-state index contributed by atoms with van der Waals surface area (Å²) in [6.45, 7) is 0. The summed E-state index contributed by atoms with van der Waals surface area (Å²) in [6.07, 6.45) is 0. The van der Waals surface area contributed by atoms with Crippen LogP contribution in [0.25, 0.3) is 93.8 Å². The molecular weight excluding hydrogens is 530 g/mol. The monoisotopic (exact) mass is 551 g/mol. The van der Waals surface area contributed by atoms with E-state index in [1.807, 2.05) is 36.4 Å². The van der Waals surface area contributed by atoms with E-state index in [9.17, 15) is 0 Å². The van der Waals surface area contributed by atoms with E-state index >= 15 is 0 Å². The van der Waals surface area contributed by atoms with Gasteiger partial charge in [0.25, 0.3) is 0 Å². The molecule has 0 bridgehead atoms. The predicted molar refractivity (Wildman–Crippen MR) is 174 cm³/mol. The number of hydrogen-bond donors (Lipinski definition) is 0. The highest BCUT2D eigenvalue weighted by Crippen LogP contribution is 2.39. The van der Waals surface area contributed by atoms with Crippen LogP contribution in [0.4, 0.5) is 0 Å². The highest BCUT2D eigenvalue weighted by Gasteiger charge is 2.22. The molecule has 5 heteroatoms. The molecule has 4 heterocycles. The summed E-state index contributed by atoms with van der Waals surface area (Å²) < 4.78 is 14.9. The Morgan fingerprint density at radius 3 is 2.00 bits per heavy atom. The van der Waals surface area contributed by atoms with Gasteiger partial charge < -0.3 is 8.83 Å². The molecule has 5 nitrogen and oxygen atoms in total. The lowest BCUT2D eigenvalue weighted by molar-refractivity contribution is 0.666. The van der Waals surface area contributed by atoms with Crippen LogP contribution in [-0.4, -0.2) is 14.5 Å². The van der Waals surface area contributed by atoms with Crippen LogP contribution in [0.5, 0.6) is 0 Å². The van der Waals surface area contributed by atoms with Crippen LogP contribution in [0, 0.1) is 0 Å². The highest BCUT2D eigenvalue weighted by molar-refractivity contribution is 6.14. The van der Waals surface area contributed by atoms with Crippen LogP contribution in [0.1, 0.15) is 0 Å². The molecular formula is C38H21N3O2. The van der Waals surface area contributed by atoms with Crippen molar-refractivity contribution in [2.45, 2.75) is 0 Å². The third-order valence-electron chi connectivity index (χ3n) is 8.60. The summed E-state index contributed by atoms with van der Waals surface area (Å²) in [5.41, 5.74) is 7.65. The molecule has 43 heavy (non-hydrogen) atoms. The van der Waals surface area contributed by atoms with Crippen molar-refractivity contribution in [3.63, 3.8) is 0 Å². The minimum absolute atomic E-state index is 0.597. The molecule has 0 saturated heterocycles. The van der Waals surface area contributed by atoms with Gasteiger partial charge in [0.15, 0.2) is 5.58 Å². The van der Waals surface area contributed by atoms with E-state index in [2.05, 4.69) is 95.6 Å². The SMILES string of the molecule is c1ccc2cc3c(cc2c1)c1ccccc1n3-c1nc(-c2ccc3c(c2)oc2ccccc23)c2oc3ccccc3c2n1. The highest BCUT2D eigenvalue weighted by atomic mass is 16.3. The lowest BCUT2D eigenvalue weighted by Crippen LogP contribution is -2.02. The summed E-state index contributed by atoms with van der Waals surface area (Å²) in [6, 6.07) is 43.9. The van der Waals surface area contributed by atoms with Crippen molar-refractivity contribution in [2.75, 3.05) is 0 Å². The van der Waals surface area contributed by atoms with Crippen molar-refractivity contribution in [3.05, 3.63) is 127 Å². The number of nitrogens with zero attached hydrogens (tertiary/aromatic N) is 3. The number of fused-ring (bicyclic) bond motifs is 10. The number of hydrogen-bond acceptors (Lipinski definition) is 4. The molecule has 10 aromatic rings. The Labute approximate surface area is 244 Å². The molecule has 0 amide bonds. The maximum absolute atomic E-state index is 6.45. The zero-order valence-corrected chi connectivity index (χ0v) is 22.8. The molecule has 0 aliphatic carbocycles. The van der Waals surface area contributed by atoms with Crippen molar-refractivity contribution >= 4 is 76.6 Å². The van der Waals surface area contributed by atoms with Crippen LogP contribution in [0.2, 0.25) is 0 Å². The van der Waals surface area contributed by atoms with Gasteiger partial charge in [-0.15, -0.1) is 0 Å². The third-order valence-corrected chi connectivity index (χ3v) is 8.60. The quantitative estimate of drug-likeness (QED) is 0.214. The molecule has 6 aromatic carbocycles. The van der Waals surface area contributed by atoms with Crippen LogP contribution in [0.3, 0.4) is 0 Å². The lowest BCUT2D eigenvalue weighted by Gasteiger charge is -2.10. The van der Waals surface area contributed by atoms with Crippen molar-refractivity contribution in [1.82, 2.24) is 14.5 Å². The smallest absolute Gasteiger partial charge is 0.236 e. The topological polar surface area (TPSA) is 57.0 Å². The van der Waals surface area contributed by atoms with Gasteiger partial charge >= 0.3 is 0 Å². The fourth-order valence-electron chi connectivity index (χ4n) is 6.62. The van der Waals surface area contributed by atoms with Crippen molar-refractivity contribution in [3.8, 4) is 17.2 Å². The molecule has 0 saturated carbocycles. The molecule has 0 spiro atoms. The van der Waals surface area contributed by atoms with Crippen LogP contribution in [-0.2, 0) is 0 Å². The van der Waals surface area contributed by atoms with E-state index in [0.29, 0.717) is 11.5 Å². The Balaban J connectivity index is 1.33. The van der Waals surface area contributed by atoms with E-state index < -0.39 is 0 Å². The fourth-order valence-corrected chi connectivity index (χ4v) is 6.62. The average Bonchev–Trinajstić information content (AvgIpc) is 3.72. The zero-order valence-electron chi connectivity index (χ0n) is 22.8. The first kappa shape index (κ1) is 22.7. The van der Waals surface area contributed by atoms with Crippen molar-refractivity contribution in [2.24, 2.45) is 0 Å². The Hall–Kier alpha value is -5.94. The molecule has 0 N–H and O–H groups in total. The number of benzene rings is 6. The maximum atomic E-state index is 6.45. The van der Waals surface area contributed by atoms with E-state index in [-0.39, 0.29) is 0 Å². The van der Waals surface area contributed by atoms with Gasteiger partial charge in [-0.25, -0.2) is 9.97 Å². The van der Waals surface area contributed by atoms with Gasteiger partial charge in [0.1, 0.15) is 28.0 Å². The first-order chi connectivity index (χ1) is 21.3. The second-order valence-electron chi connectivity index (χ2n) is 11.0. The Morgan fingerprint density at radius 1 is 0.465 bits per heavy atom. The largest absolute Gasteiger partial charge is 0.456 e. The molecule has 10 rings (SSSR count). The second kappa shape index (κ2) is 8.30. The van der Waals surface area contributed by atoms with Gasteiger partial charge in [-0.1, -0.05) is 78.9 Å². The molecule has 0 aliphatic heterocycles. The molecule has 0 aliphatic rings. The minimum atomic E-state index is 0.597. The second-order valence-corrected chi connectivity index (χ2v) is 11.0. The number of furan rings is 2. The van der Waals surface area contributed by atoms with Gasteiger partial charge in [0, 0.05) is 32.5 Å². The zero-order chi connectivity index (χ0) is 28.1. The van der Waals surface area contributed by atoms with Crippen molar-refractivity contribution < 1.29 is 8.83 Å². The van der Waals surface area contributed by atoms with E-state index in [0.717, 1.165) is 66.1 Å². The summed E-state index contributed by atoms with van der Waals surface area (Å²) in [4.78, 5) is 10.5. The number of rotatable bonds is 2. The number of para-hydroxylation sites is 3. The molecule has 200 valence electrons. The molecule has 4 aromatic heterocycles. The Kier molecular flexibility index (Phi) is 4.39. The third kappa shape index (κ3) is 3.16. The van der Waals surface area contributed by atoms with E-state index in [4.69, 9.17) is 18.8 Å². The van der Waals surface area contributed by atoms with Gasteiger partial charge in [-0.05, 0) is 59.3 Å². The summed E-state index contributed by atoms with van der Waals surface area (Å²) >= 11 is 0. The lowest BCUT2D eigenvalue weighted by atomic mass is 10.1. The van der Waals surface area contributed by atoms with E-state index in [1.54, 1.807) is 0 Å². The summed E-state index contributed by atoms with van der Waals surface area (Å²) in [7, 11) is 0. The normalized spacial score (nSPS) is 12.2. The Bertz CT molecular complexity index is 2750. The summed E-state index contributed by atoms with van der Waals surface area (Å²) in [5, 5.41) is 7.83. The van der Waals surface area contributed by atoms with Gasteiger partial charge in [0.2, 0.25) is 5.95 Å². The van der Waals surface area contributed by atoms with Crippen LogP contribution < -0.4 is 0 Å².